The second kappa shape index (κ2) is 5.84. The lowest BCUT2D eigenvalue weighted by molar-refractivity contribution is 0.188. The van der Waals surface area contributed by atoms with E-state index in [1.807, 2.05) is 4.57 Å². The van der Waals surface area contributed by atoms with Gasteiger partial charge in [-0.25, -0.2) is 19.3 Å². The van der Waals surface area contributed by atoms with Crippen molar-refractivity contribution in [1.29, 1.82) is 0 Å². The molecule has 1 aromatic carbocycles. The standard InChI is InChI=1S/C14H14FN5O/c1-21-6-5-20-9-18-12-13(16-8-17-14(12)20)19-11-4-2-3-10(15)7-11/h2-4,7-9H,5-6H2,1H3,(H,16,17,19). The van der Waals surface area contributed by atoms with Gasteiger partial charge in [0, 0.05) is 19.3 Å². The number of hydrogen-bond acceptors (Lipinski definition) is 5. The van der Waals surface area contributed by atoms with Crippen LogP contribution in [-0.4, -0.2) is 33.2 Å². The average molecular weight is 287 g/mol. The van der Waals surface area contributed by atoms with Gasteiger partial charge in [0.25, 0.3) is 0 Å². The lowest BCUT2D eigenvalue weighted by Gasteiger charge is -2.06. The smallest absolute Gasteiger partial charge is 0.165 e. The molecular weight excluding hydrogens is 273 g/mol. The molecule has 0 saturated heterocycles. The first kappa shape index (κ1) is 13.4. The Balaban J connectivity index is 1.94. The van der Waals surface area contributed by atoms with Gasteiger partial charge >= 0.3 is 0 Å². The van der Waals surface area contributed by atoms with E-state index < -0.39 is 0 Å². The molecule has 0 aliphatic carbocycles. The van der Waals surface area contributed by atoms with Gasteiger partial charge in [0.15, 0.2) is 17.0 Å². The summed E-state index contributed by atoms with van der Waals surface area (Å²) in [4.78, 5) is 12.7. The van der Waals surface area contributed by atoms with E-state index >= 15 is 0 Å². The van der Waals surface area contributed by atoms with Crippen molar-refractivity contribution in [2.24, 2.45) is 0 Å². The Morgan fingerprint density at radius 2 is 2.19 bits per heavy atom. The van der Waals surface area contributed by atoms with E-state index in [2.05, 4.69) is 20.3 Å². The van der Waals surface area contributed by atoms with Gasteiger partial charge < -0.3 is 14.6 Å². The topological polar surface area (TPSA) is 64.9 Å². The normalized spacial score (nSPS) is 11.0. The minimum Gasteiger partial charge on any atom is -0.383 e. The minimum absolute atomic E-state index is 0.309. The van der Waals surface area contributed by atoms with Crippen LogP contribution in [0.15, 0.2) is 36.9 Å². The lowest BCUT2D eigenvalue weighted by Crippen LogP contribution is -2.04. The van der Waals surface area contributed by atoms with E-state index in [0.717, 1.165) is 0 Å². The van der Waals surface area contributed by atoms with Crippen LogP contribution in [0.1, 0.15) is 0 Å². The van der Waals surface area contributed by atoms with E-state index in [1.165, 1.54) is 18.5 Å². The monoisotopic (exact) mass is 287 g/mol. The van der Waals surface area contributed by atoms with Crippen molar-refractivity contribution < 1.29 is 9.13 Å². The van der Waals surface area contributed by atoms with Gasteiger partial charge in [-0.2, -0.15) is 0 Å². The number of halogens is 1. The summed E-state index contributed by atoms with van der Waals surface area (Å²) in [6, 6.07) is 6.18. The molecule has 0 unspecified atom stereocenters. The van der Waals surface area contributed by atoms with Gasteiger partial charge in [-0.1, -0.05) is 6.07 Å². The number of hydrogen-bond donors (Lipinski definition) is 1. The molecule has 108 valence electrons. The first-order valence-corrected chi connectivity index (χ1v) is 6.45. The molecule has 0 fully saturated rings. The molecule has 0 atom stereocenters. The van der Waals surface area contributed by atoms with E-state index in [-0.39, 0.29) is 5.82 Å². The fourth-order valence-electron chi connectivity index (χ4n) is 2.03. The van der Waals surface area contributed by atoms with Crippen molar-refractivity contribution in [3.8, 4) is 0 Å². The molecule has 0 aliphatic rings. The highest BCUT2D eigenvalue weighted by molar-refractivity contribution is 5.85. The molecule has 7 heteroatoms. The minimum atomic E-state index is -0.309. The third-order valence-corrected chi connectivity index (χ3v) is 3.02. The van der Waals surface area contributed by atoms with E-state index in [0.29, 0.717) is 35.8 Å². The summed E-state index contributed by atoms with van der Waals surface area (Å²) in [7, 11) is 1.64. The van der Waals surface area contributed by atoms with E-state index in [9.17, 15) is 4.39 Å². The van der Waals surface area contributed by atoms with E-state index in [1.54, 1.807) is 25.6 Å². The molecule has 0 spiro atoms. The maximum Gasteiger partial charge on any atom is 0.165 e. The quantitative estimate of drug-likeness (QED) is 0.780. The number of anilines is 2. The van der Waals surface area contributed by atoms with Crippen LogP contribution in [-0.2, 0) is 11.3 Å². The Morgan fingerprint density at radius 3 is 3.00 bits per heavy atom. The second-order valence-electron chi connectivity index (χ2n) is 4.46. The Kier molecular flexibility index (Phi) is 3.74. The highest BCUT2D eigenvalue weighted by Crippen LogP contribution is 2.21. The van der Waals surface area contributed by atoms with Crippen molar-refractivity contribution in [3.05, 3.63) is 42.7 Å². The van der Waals surface area contributed by atoms with Crippen LogP contribution in [0.5, 0.6) is 0 Å². The number of nitrogens with one attached hydrogen (secondary N) is 1. The molecule has 3 rings (SSSR count). The number of imidazole rings is 1. The van der Waals surface area contributed by atoms with Gasteiger partial charge in [-0.05, 0) is 18.2 Å². The molecule has 3 aromatic rings. The zero-order valence-corrected chi connectivity index (χ0v) is 11.5. The van der Waals surface area contributed by atoms with Crippen LogP contribution < -0.4 is 5.32 Å². The molecule has 0 bridgehead atoms. The SMILES string of the molecule is COCCn1cnc2c(Nc3cccc(F)c3)ncnc21. The van der Waals surface area contributed by atoms with E-state index in [4.69, 9.17) is 4.74 Å². The molecule has 0 aliphatic heterocycles. The lowest BCUT2D eigenvalue weighted by atomic mass is 10.3. The predicted molar refractivity (Wildman–Crippen MR) is 76.9 cm³/mol. The summed E-state index contributed by atoms with van der Waals surface area (Å²) in [5, 5.41) is 3.06. The summed E-state index contributed by atoms with van der Waals surface area (Å²) >= 11 is 0. The van der Waals surface area contributed by atoms with Gasteiger partial charge in [0.1, 0.15) is 12.1 Å². The largest absolute Gasteiger partial charge is 0.383 e. The molecule has 2 heterocycles. The summed E-state index contributed by atoms with van der Waals surface area (Å²) in [5.41, 5.74) is 1.96. The summed E-state index contributed by atoms with van der Waals surface area (Å²) < 4.78 is 20.2. The van der Waals surface area contributed by atoms with Crippen LogP contribution >= 0.6 is 0 Å². The first-order chi connectivity index (χ1) is 10.3. The number of aromatic nitrogens is 4. The number of fused-ring (bicyclic) bond motifs is 1. The average Bonchev–Trinajstić information content (AvgIpc) is 2.89. The van der Waals surface area contributed by atoms with Crippen molar-refractivity contribution in [3.63, 3.8) is 0 Å². The van der Waals surface area contributed by atoms with Crippen LogP contribution in [0, 0.1) is 5.82 Å². The molecule has 0 radical (unpaired) electrons. The van der Waals surface area contributed by atoms with Crippen LogP contribution in [0.2, 0.25) is 0 Å². The number of nitrogens with zero attached hydrogens (tertiary/aromatic N) is 4. The van der Waals surface area contributed by atoms with Crippen molar-refractivity contribution in [2.45, 2.75) is 6.54 Å². The number of ether oxygens (including phenoxy) is 1. The maximum absolute atomic E-state index is 13.2. The third kappa shape index (κ3) is 2.82. The van der Waals surface area contributed by atoms with Crippen molar-refractivity contribution in [1.82, 2.24) is 19.5 Å². The Hall–Kier alpha value is -2.54. The van der Waals surface area contributed by atoms with Gasteiger partial charge in [0.2, 0.25) is 0 Å². The molecule has 21 heavy (non-hydrogen) atoms. The fraction of sp³-hybridized carbons (Fsp3) is 0.214. The van der Waals surface area contributed by atoms with Crippen LogP contribution in [0.3, 0.4) is 0 Å². The maximum atomic E-state index is 13.2. The Morgan fingerprint density at radius 1 is 1.29 bits per heavy atom. The zero-order valence-electron chi connectivity index (χ0n) is 11.5. The molecule has 2 aromatic heterocycles. The van der Waals surface area contributed by atoms with Crippen molar-refractivity contribution >= 4 is 22.7 Å². The molecule has 0 saturated carbocycles. The molecule has 1 N–H and O–H groups in total. The van der Waals surface area contributed by atoms with Crippen molar-refractivity contribution in [2.75, 3.05) is 19.0 Å². The Labute approximate surface area is 120 Å². The fourth-order valence-corrected chi connectivity index (χ4v) is 2.03. The summed E-state index contributed by atoms with van der Waals surface area (Å²) in [6.07, 6.45) is 3.14. The highest BCUT2D eigenvalue weighted by atomic mass is 19.1. The highest BCUT2D eigenvalue weighted by Gasteiger charge is 2.10. The summed E-state index contributed by atoms with van der Waals surface area (Å²) in [6.45, 7) is 1.23. The van der Waals surface area contributed by atoms with Gasteiger partial charge in [-0.15, -0.1) is 0 Å². The predicted octanol–water partition coefficient (Wildman–Crippen LogP) is 2.36. The number of methoxy groups -OCH3 is 1. The second-order valence-corrected chi connectivity index (χ2v) is 4.46. The van der Waals surface area contributed by atoms with Gasteiger partial charge in [-0.3, -0.25) is 0 Å². The van der Waals surface area contributed by atoms with Crippen LogP contribution in [0.4, 0.5) is 15.9 Å². The molecule has 6 nitrogen and oxygen atoms in total. The van der Waals surface area contributed by atoms with Crippen LogP contribution in [0.25, 0.3) is 11.2 Å². The number of benzene rings is 1. The van der Waals surface area contributed by atoms with Gasteiger partial charge in [0.05, 0.1) is 12.9 Å². The first-order valence-electron chi connectivity index (χ1n) is 6.45. The zero-order chi connectivity index (χ0) is 14.7. The molecule has 0 amide bonds. The Bertz CT molecular complexity index is 758. The summed E-state index contributed by atoms with van der Waals surface area (Å²) in [5.74, 6) is 0.234. The number of rotatable bonds is 5. The molecular formula is C14H14FN5O. The third-order valence-electron chi connectivity index (χ3n) is 3.02.